The van der Waals surface area contributed by atoms with Crippen LogP contribution in [0.15, 0.2) is 48.5 Å². The van der Waals surface area contributed by atoms with Gasteiger partial charge in [0.25, 0.3) is 5.91 Å². The molecular formula is C23H30N2O5. The van der Waals surface area contributed by atoms with Gasteiger partial charge in [-0.25, -0.2) is 4.79 Å². The summed E-state index contributed by atoms with van der Waals surface area (Å²) in [6, 6.07) is 15.3. The van der Waals surface area contributed by atoms with E-state index in [0.717, 1.165) is 12.2 Å². The zero-order chi connectivity index (χ0) is 21.9. The molecule has 2 aromatic carbocycles. The van der Waals surface area contributed by atoms with Crippen LogP contribution in [0, 0.1) is 6.92 Å². The van der Waals surface area contributed by atoms with Crippen LogP contribution in [-0.2, 0) is 20.7 Å². The highest BCUT2D eigenvalue weighted by Crippen LogP contribution is 2.20. The van der Waals surface area contributed by atoms with Crippen LogP contribution in [0.5, 0.6) is 5.75 Å². The topological polar surface area (TPSA) is 88.1 Å². The summed E-state index contributed by atoms with van der Waals surface area (Å²) in [6.07, 6.45) is -0.809. The number of rotatable bonds is 12. The van der Waals surface area contributed by atoms with E-state index in [1.165, 1.54) is 12.7 Å². The van der Waals surface area contributed by atoms with Crippen molar-refractivity contribution < 1.29 is 24.2 Å². The molecule has 0 fully saturated rings. The fourth-order valence-corrected chi connectivity index (χ4v) is 3.10. The molecule has 2 N–H and O–H groups in total. The monoisotopic (exact) mass is 414 g/mol. The lowest BCUT2D eigenvalue weighted by atomic mass is 10.1. The highest BCUT2D eigenvalue weighted by molar-refractivity contribution is 5.77. The molecular weight excluding hydrogens is 384 g/mol. The molecule has 30 heavy (non-hydrogen) atoms. The molecule has 0 aromatic heterocycles. The van der Waals surface area contributed by atoms with Gasteiger partial charge in [0.15, 0.2) is 12.7 Å². The lowest BCUT2D eigenvalue weighted by molar-refractivity contribution is -0.148. The zero-order valence-corrected chi connectivity index (χ0v) is 17.8. The van der Waals surface area contributed by atoms with Crippen molar-refractivity contribution in [3.63, 3.8) is 0 Å². The predicted octanol–water partition coefficient (Wildman–Crippen LogP) is 2.66. The Kier molecular flexibility index (Phi) is 9.15. The van der Waals surface area contributed by atoms with Gasteiger partial charge >= 0.3 is 5.97 Å². The third kappa shape index (κ3) is 7.08. The standard InChI is InChI=1S/C23H30N2O5/c1-4-25(19-10-7-8-17(2)14-19)13-12-24-22(26)16-30-20-11-6-5-9-18(20)15-21(29-3)23(27)28/h5-11,14,21H,4,12-13,15-16H2,1-3H3,(H,24,26)(H,27,28). The summed E-state index contributed by atoms with van der Waals surface area (Å²) in [7, 11) is 1.35. The van der Waals surface area contributed by atoms with Crippen molar-refractivity contribution >= 4 is 17.6 Å². The van der Waals surface area contributed by atoms with Crippen LogP contribution in [0.1, 0.15) is 18.1 Å². The van der Waals surface area contributed by atoms with Crippen LogP contribution in [0.4, 0.5) is 5.69 Å². The van der Waals surface area contributed by atoms with Gasteiger partial charge in [-0.1, -0.05) is 30.3 Å². The van der Waals surface area contributed by atoms with Crippen molar-refractivity contribution in [3.8, 4) is 5.75 Å². The third-order valence-corrected chi connectivity index (χ3v) is 4.75. The molecule has 0 bridgehead atoms. The number of aryl methyl sites for hydroxylation is 1. The molecule has 1 atom stereocenters. The van der Waals surface area contributed by atoms with Crippen molar-refractivity contribution in [1.29, 1.82) is 0 Å². The number of benzene rings is 2. The number of ether oxygens (including phenoxy) is 2. The Balaban J connectivity index is 1.84. The summed E-state index contributed by atoms with van der Waals surface area (Å²) >= 11 is 0. The van der Waals surface area contributed by atoms with Crippen LogP contribution in [0.3, 0.4) is 0 Å². The molecule has 0 heterocycles. The number of methoxy groups -OCH3 is 1. The van der Waals surface area contributed by atoms with Crippen LogP contribution < -0.4 is 15.0 Å². The number of carbonyl (C=O) groups excluding carboxylic acids is 1. The van der Waals surface area contributed by atoms with Crippen LogP contribution in [0.25, 0.3) is 0 Å². The van der Waals surface area contributed by atoms with E-state index in [-0.39, 0.29) is 18.9 Å². The van der Waals surface area contributed by atoms with E-state index in [4.69, 9.17) is 14.6 Å². The number of nitrogens with zero attached hydrogens (tertiary/aromatic N) is 1. The number of likely N-dealkylation sites (N-methyl/N-ethyl adjacent to an activating group) is 1. The minimum absolute atomic E-state index is 0.141. The van der Waals surface area contributed by atoms with Crippen molar-refractivity contribution in [3.05, 3.63) is 59.7 Å². The highest BCUT2D eigenvalue weighted by atomic mass is 16.5. The first-order chi connectivity index (χ1) is 14.4. The number of carbonyl (C=O) groups is 2. The second-order valence-corrected chi connectivity index (χ2v) is 6.93. The van der Waals surface area contributed by atoms with Gasteiger partial charge in [0.05, 0.1) is 0 Å². The first-order valence-electron chi connectivity index (χ1n) is 9.99. The van der Waals surface area contributed by atoms with Crippen LogP contribution in [-0.4, -0.2) is 56.4 Å². The number of hydrogen-bond donors (Lipinski definition) is 2. The Morgan fingerprint density at radius 1 is 1.17 bits per heavy atom. The van der Waals surface area contributed by atoms with E-state index >= 15 is 0 Å². The van der Waals surface area contributed by atoms with Crippen molar-refractivity contribution in [1.82, 2.24) is 5.32 Å². The lowest BCUT2D eigenvalue weighted by Crippen LogP contribution is -2.37. The smallest absolute Gasteiger partial charge is 0.333 e. The summed E-state index contributed by atoms with van der Waals surface area (Å²) < 4.78 is 10.6. The van der Waals surface area contributed by atoms with Crippen molar-refractivity contribution in [2.45, 2.75) is 26.4 Å². The molecule has 0 spiro atoms. The SMILES string of the molecule is CCN(CCNC(=O)COc1ccccc1CC(OC)C(=O)O)c1cccc(C)c1. The van der Waals surface area contributed by atoms with Crippen LogP contribution in [0.2, 0.25) is 0 Å². The molecule has 0 saturated carbocycles. The first kappa shape index (κ1) is 23.2. The summed E-state index contributed by atoms with van der Waals surface area (Å²) in [5.74, 6) is -0.795. The Labute approximate surface area is 177 Å². The number of anilines is 1. The molecule has 1 unspecified atom stereocenters. The minimum atomic E-state index is -1.04. The summed E-state index contributed by atoms with van der Waals surface area (Å²) in [5.41, 5.74) is 3.00. The maximum absolute atomic E-state index is 12.2. The number of carboxylic acid groups (broad SMARTS) is 1. The molecule has 2 rings (SSSR count). The Morgan fingerprint density at radius 2 is 1.93 bits per heavy atom. The van der Waals surface area contributed by atoms with Crippen LogP contribution >= 0.6 is 0 Å². The fourth-order valence-electron chi connectivity index (χ4n) is 3.10. The maximum Gasteiger partial charge on any atom is 0.333 e. The van der Waals surface area contributed by atoms with Gasteiger partial charge in [0, 0.05) is 38.9 Å². The Morgan fingerprint density at radius 3 is 2.60 bits per heavy atom. The van der Waals surface area contributed by atoms with E-state index in [1.54, 1.807) is 24.3 Å². The zero-order valence-electron chi connectivity index (χ0n) is 17.8. The normalized spacial score (nSPS) is 11.6. The van der Waals surface area contributed by atoms with Gasteiger partial charge in [-0.3, -0.25) is 4.79 Å². The molecule has 0 saturated heterocycles. The van der Waals surface area contributed by atoms with Gasteiger partial charge in [-0.2, -0.15) is 0 Å². The van der Waals surface area contributed by atoms with E-state index < -0.39 is 12.1 Å². The minimum Gasteiger partial charge on any atom is -0.483 e. The third-order valence-electron chi connectivity index (χ3n) is 4.75. The number of aliphatic carboxylic acids is 1. The van der Waals surface area contributed by atoms with E-state index in [9.17, 15) is 9.59 Å². The Hall–Kier alpha value is -3.06. The van der Waals surface area contributed by atoms with Gasteiger partial charge in [-0.05, 0) is 43.2 Å². The molecule has 1 amide bonds. The van der Waals surface area contributed by atoms with Crippen molar-refractivity contribution in [2.75, 3.05) is 38.3 Å². The number of carboxylic acids is 1. The largest absolute Gasteiger partial charge is 0.483 e. The first-order valence-corrected chi connectivity index (χ1v) is 9.99. The number of para-hydroxylation sites is 1. The highest BCUT2D eigenvalue weighted by Gasteiger charge is 2.19. The summed E-state index contributed by atoms with van der Waals surface area (Å²) in [6.45, 7) is 6.02. The van der Waals surface area contributed by atoms with E-state index in [0.29, 0.717) is 24.4 Å². The fraction of sp³-hybridized carbons (Fsp3) is 0.391. The van der Waals surface area contributed by atoms with Crippen molar-refractivity contribution in [2.24, 2.45) is 0 Å². The number of amides is 1. The number of hydrogen-bond acceptors (Lipinski definition) is 5. The predicted molar refractivity (Wildman–Crippen MR) is 116 cm³/mol. The van der Waals surface area contributed by atoms with E-state index in [1.807, 2.05) is 6.07 Å². The summed E-state index contributed by atoms with van der Waals surface area (Å²) in [5, 5.41) is 12.0. The quantitative estimate of drug-likeness (QED) is 0.555. The maximum atomic E-state index is 12.2. The number of nitrogens with one attached hydrogen (secondary N) is 1. The van der Waals surface area contributed by atoms with E-state index in [2.05, 4.69) is 42.3 Å². The Bertz CT molecular complexity index is 840. The lowest BCUT2D eigenvalue weighted by Gasteiger charge is -2.23. The molecule has 162 valence electrons. The van der Waals surface area contributed by atoms with Gasteiger partial charge < -0.3 is 24.8 Å². The molecule has 0 aliphatic rings. The average Bonchev–Trinajstić information content (AvgIpc) is 2.74. The second kappa shape index (κ2) is 11.8. The molecule has 0 radical (unpaired) electrons. The molecule has 7 nitrogen and oxygen atoms in total. The second-order valence-electron chi connectivity index (χ2n) is 6.93. The van der Waals surface area contributed by atoms with Gasteiger partial charge in [-0.15, -0.1) is 0 Å². The average molecular weight is 415 g/mol. The molecule has 0 aliphatic heterocycles. The summed E-state index contributed by atoms with van der Waals surface area (Å²) in [4.78, 5) is 25.6. The van der Waals surface area contributed by atoms with Gasteiger partial charge in [0.2, 0.25) is 0 Å². The molecule has 2 aromatic rings. The molecule has 0 aliphatic carbocycles. The molecule has 7 heteroatoms. The van der Waals surface area contributed by atoms with Gasteiger partial charge in [0.1, 0.15) is 5.75 Å².